The molecule has 3 N–H and O–H groups in total. The minimum atomic E-state index is 0.317. The minimum absolute atomic E-state index is 0.317. The molecule has 19 heavy (non-hydrogen) atoms. The third-order valence-corrected chi connectivity index (χ3v) is 4.16. The third kappa shape index (κ3) is 3.55. The van der Waals surface area contributed by atoms with Crippen molar-refractivity contribution >= 4 is 17.0 Å². The molecule has 2 aromatic heterocycles. The highest BCUT2D eigenvalue weighted by Gasteiger charge is 2.15. The van der Waals surface area contributed by atoms with Crippen molar-refractivity contribution in [1.82, 2.24) is 10.3 Å². The number of nitrogens with two attached hydrogens (primary N) is 1. The molecule has 0 bridgehead atoms. The van der Waals surface area contributed by atoms with Crippen molar-refractivity contribution in [2.45, 2.75) is 32.7 Å². The van der Waals surface area contributed by atoms with E-state index >= 15 is 0 Å². The maximum absolute atomic E-state index is 6.02. The van der Waals surface area contributed by atoms with Crippen LogP contribution >= 0.6 is 11.3 Å². The summed E-state index contributed by atoms with van der Waals surface area (Å²) in [6.45, 7) is 5.36. The molecule has 0 aliphatic rings. The van der Waals surface area contributed by atoms with Crippen LogP contribution in [0.25, 0.3) is 0 Å². The number of rotatable bonds is 6. The topological polar surface area (TPSA) is 50.9 Å². The largest absolute Gasteiger partial charge is 0.398 e. The van der Waals surface area contributed by atoms with Gasteiger partial charge in [-0.1, -0.05) is 6.92 Å². The first-order chi connectivity index (χ1) is 9.22. The molecule has 0 saturated heterocycles. The van der Waals surface area contributed by atoms with Crippen molar-refractivity contribution < 1.29 is 0 Å². The SMILES string of the molecule is CCCNC(Cc1cnccc1N)c1cscc1C. The Bertz CT molecular complexity index is 522. The first-order valence-electron chi connectivity index (χ1n) is 6.66. The smallest absolute Gasteiger partial charge is 0.0378 e. The van der Waals surface area contributed by atoms with Crippen LogP contribution in [0.2, 0.25) is 0 Å². The van der Waals surface area contributed by atoms with Crippen LogP contribution in [0.3, 0.4) is 0 Å². The third-order valence-electron chi connectivity index (χ3n) is 3.28. The summed E-state index contributed by atoms with van der Waals surface area (Å²) >= 11 is 1.76. The summed E-state index contributed by atoms with van der Waals surface area (Å²) in [7, 11) is 0. The molecule has 0 aliphatic carbocycles. The second-order valence-electron chi connectivity index (χ2n) is 4.80. The summed E-state index contributed by atoms with van der Waals surface area (Å²) in [6, 6.07) is 2.19. The van der Waals surface area contributed by atoms with Crippen LogP contribution in [0, 0.1) is 6.92 Å². The van der Waals surface area contributed by atoms with Crippen LogP contribution in [0.15, 0.2) is 29.2 Å². The number of aryl methyl sites for hydroxylation is 1. The molecule has 0 radical (unpaired) electrons. The van der Waals surface area contributed by atoms with Gasteiger partial charge in [0.1, 0.15) is 0 Å². The lowest BCUT2D eigenvalue weighted by Crippen LogP contribution is -2.24. The fourth-order valence-corrected chi connectivity index (χ4v) is 3.07. The van der Waals surface area contributed by atoms with Gasteiger partial charge in [0.05, 0.1) is 0 Å². The molecule has 2 heterocycles. The molecule has 4 heteroatoms. The number of nitrogens with one attached hydrogen (secondary N) is 1. The van der Waals surface area contributed by atoms with E-state index in [0.717, 1.165) is 30.6 Å². The number of hydrogen-bond donors (Lipinski definition) is 2. The lowest BCUT2D eigenvalue weighted by molar-refractivity contribution is 0.528. The average molecular weight is 275 g/mol. The van der Waals surface area contributed by atoms with Crippen molar-refractivity contribution in [1.29, 1.82) is 0 Å². The van der Waals surface area contributed by atoms with Gasteiger partial charge in [0.2, 0.25) is 0 Å². The van der Waals surface area contributed by atoms with Crippen LogP contribution in [-0.2, 0) is 6.42 Å². The number of pyridine rings is 1. The predicted molar refractivity (Wildman–Crippen MR) is 82.4 cm³/mol. The van der Waals surface area contributed by atoms with E-state index in [2.05, 4.69) is 34.9 Å². The summed E-state index contributed by atoms with van der Waals surface area (Å²) in [5.41, 5.74) is 10.7. The average Bonchev–Trinajstić information content (AvgIpc) is 2.83. The molecule has 2 aromatic rings. The van der Waals surface area contributed by atoms with E-state index in [1.54, 1.807) is 17.5 Å². The zero-order valence-corrected chi connectivity index (χ0v) is 12.3. The molecule has 2 rings (SSSR count). The molecular weight excluding hydrogens is 254 g/mol. The number of nitrogens with zero attached hydrogens (tertiary/aromatic N) is 1. The highest BCUT2D eigenvalue weighted by Crippen LogP contribution is 2.26. The quantitative estimate of drug-likeness (QED) is 0.850. The minimum Gasteiger partial charge on any atom is -0.398 e. The number of thiophene rings is 1. The highest BCUT2D eigenvalue weighted by atomic mass is 32.1. The van der Waals surface area contributed by atoms with Gasteiger partial charge in [-0.15, -0.1) is 0 Å². The second-order valence-corrected chi connectivity index (χ2v) is 5.54. The Morgan fingerprint density at radius 3 is 2.89 bits per heavy atom. The second kappa shape index (κ2) is 6.68. The predicted octanol–water partition coefficient (Wildman–Crippen LogP) is 3.32. The molecule has 0 fully saturated rings. The Balaban J connectivity index is 2.19. The van der Waals surface area contributed by atoms with Gasteiger partial charge in [-0.3, -0.25) is 4.98 Å². The molecule has 1 unspecified atom stereocenters. The van der Waals surface area contributed by atoms with Crippen LogP contribution in [-0.4, -0.2) is 11.5 Å². The van der Waals surface area contributed by atoms with Crippen molar-refractivity contribution in [3.05, 3.63) is 45.9 Å². The molecule has 0 amide bonds. The summed E-state index contributed by atoms with van der Waals surface area (Å²) in [4.78, 5) is 4.18. The molecule has 0 saturated carbocycles. The number of hydrogen-bond acceptors (Lipinski definition) is 4. The van der Waals surface area contributed by atoms with Gasteiger partial charge in [-0.2, -0.15) is 11.3 Å². The first-order valence-corrected chi connectivity index (χ1v) is 7.61. The molecule has 0 spiro atoms. The van der Waals surface area contributed by atoms with Gasteiger partial charge >= 0.3 is 0 Å². The fraction of sp³-hybridized carbons (Fsp3) is 0.400. The maximum atomic E-state index is 6.02. The van der Waals surface area contributed by atoms with E-state index in [1.807, 2.05) is 12.3 Å². The van der Waals surface area contributed by atoms with Crippen LogP contribution in [0.5, 0.6) is 0 Å². The van der Waals surface area contributed by atoms with E-state index in [1.165, 1.54) is 11.1 Å². The molecule has 0 aliphatic heterocycles. The lowest BCUT2D eigenvalue weighted by Gasteiger charge is -2.19. The zero-order chi connectivity index (χ0) is 13.7. The number of anilines is 1. The monoisotopic (exact) mass is 275 g/mol. The maximum Gasteiger partial charge on any atom is 0.0378 e. The molecule has 1 atom stereocenters. The van der Waals surface area contributed by atoms with Crippen LogP contribution in [0.1, 0.15) is 36.1 Å². The molecule has 0 aromatic carbocycles. The zero-order valence-electron chi connectivity index (χ0n) is 11.5. The summed E-state index contributed by atoms with van der Waals surface area (Å²) in [5, 5.41) is 8.04. The fourth-order valence-electron chi connectivity index (χ4n) is 2.17. The summed E-state index contributed by atoms with van der Waals surface area (Å²) in [5.74, 6) is 0. The Morgan fingerprint density at radius 1 is 1.42 bits per heavy atom. The van der Waals surface area contributed by atoms with E-state index in [0.29, 0.717) is 6.04 Å². The van der Waals surface area contributed by atoms with Gasteiger partial charge in [0, 0.05) is 24.1 Å². The van der Waals surface area contributed by atoms with Crippen molar-refractivity contribution in [3.63, 3.8) is 0 Å². The van der Waals surface area contributed by atoms with Gasteiger partial charge < -0.3 is 11.1 Å². The summed E-state index contributed by atoms with van der Waals surface area (Å²) < 4.78 is 0. The number of aromatic nitrogens is 1. The molecular formula is C15H21N3S. The molecule has 3 nitrogen and oxygen atoms in total. The standard InChI is InChI=1S/C15H21N3S/c1-3-5-18-15(13-10-19-9-11(13)2)7-12-8-17-6-4-14(12)16/h4,6,8-10,15,18H,3,5,7H2,1-2H3,(H2,16,17). The van der Waals surface area contributed by atoms with E-state index < -0.39 is 0 Å². The Labute approximate surface area is 118 Å². The summed E-state index contributed by atoms with van der Waals surface area (Å²) in [6.07, 6.45) is 5.63. The number of nitrogen functional groups attached to an aromatic ring is 1. The van der Waals surface area contributed by atoms with Crippen molar-refractivity contribution in [3.8, 4) is 0 Å². The van der Waals surface area contributed by atoms with Gasteiger partial charge in [-0.05, 0) is 59.8 Å². The first kappa shape index (κ1) is 14.0. The normalized spacial score (nSPS) is 12.5. The van der Waals surface area contributed by atoms with E-state index in [9.17, 15) is 0 Å². The van der Waals surface area contributed by atoms with Gasteiger partial charge in [0.25, 0.3) is 0 Å². The Kier molecular flexibility index (Phi) is 4.93. The highest BCUT2D eigenvalue weighted by molar-refractivity contribution is 7.08. The van der Waals surface area contributed by atoms with Crippen molar-refractivity contribution in [2.24, 2.45) is 0 Å². The molecule has 102 valence electrons. The van der Waals surface area contributed by atoms with E-state index in [4.69, 9.17) is 5.73 Å². The van der Waals surface area contributed by atoms with E-state index in [-0.39, 0.29) is 0 Å². The van der Waals surface area contributed by atoms with Gasteiger partial charge in [0.15, 0.2) is 0 Å². The van der Waals surface area contributed by atoms with Crippen molar-refractivity contribution in [2.75, 3.05) is 12.3 Å². The Hall–Kier alpha value is -1.39. The lowest BCUT2D eigenvalue weighted by atomic mass is 9.98. The Morgan fingerprint density at radius 2 is 2.26 bits per heavy atom. The van der Waals surface area contributed by atoms with Gasteiger partial charge in [-0.25, -0.2) is 0 Å². The van der Waals surface area contributed by atoms with Crippen LogP contribution < -0.4 is 11.1 Å². The van der Waals surface area contributed by atoms with Crippen LogP contribution in [0.4, 0.5) is 5.69 Å².